The summed E-state index contributed by atoms with van der Waals surface area (Å²) in [7, 11) is 0. The predicted molar refractivity (Wildman–Crippen MR) is 240 cm³/mol. The number of fused-ring (bicyclic) bond motifs is 4. The number of aromatic nitrogens is 1. The molecule has 0 atom stereocenters. The number of hydrogen-bond acceptors (Lipinski definition) is 2. The minimum atomic E-state index is -4.65. The molecule has 0 aliphatic carbocycles. The maximum Gasteiger partial charge on any atom is 0.417 e. The van der Waals surface area contributed by atoms with Crippen LogP contribution >= 0.6 is 0 Å². The van der Waals surface area contributed by atoms with Crippen molar-refractivity contribution in [2.24, 2.45) is 0 Å². The molecule has 0 saturated heterocycles. The van der Waals surface area contributed by atoms with Gasteiger partial charge in [0.15, 0.2) is 0 Å². The molecule has 10 heteroatoms. The van der Waals surface area contributed by atoms with E-state index >= 15 is 4.79 Å². The van der Waals surface area contributed by atoms with Crippen LogP contribution in [0.1, 0.15) is 43.0 Å². The van der Waals surface area contributed by atoms with Crippen LogP contribution in [0.2, 0.25) is 0 Å². The maximum atomic E-state index is 15.2. The number of carbonyl (C=O) groups excluding carboxylic acids is 2. The van der Waals surface area contributed by atoms with Gasteiger partial charge in [0, 0.05) is 21.9 Å². The van der Waals surface area contributed by atoms with Crippen LogP contribution < -0.4 is 4.90 Å². The van der Waals surface area contributed by atoms with Gasteiger partial charge in [0.05, 0.1) is 44.7 Å². The summed E-state index contributed by atoms with van der Waals surface area (Å²) in [5, 5.41) is 1.10. The van der Waals surface area contributed by atoms with Gasteiger partial charge in [0.25, 0.3) is 11.8 Å². The molecule has 2 amide bonds. The Morgan fingerprint density at radius 3 is 1.55 bits per heavy atom. The van der Waals surface area contributed by atoms with Gasteiger partial charge in [-0.1, -0.05) is 121 Å². The third-order valence-electron chi connectivity index (χ3n) is 12.0. The number of nitrogens with zero attached hydrogens (tertiary/aromatic N) is 2. The first-order chi connectivity index (χ1) is 30.7. The summed E-state index contributed by atoms with van der Waals surface area (Å²) >= 11 is 0. The molecule has 0 spiro atoms. The summed E-state index contributed by atoms with van der Waals surface area (Å²) in [6, 6.07) is 47.6. The highest BCUT2D eigenvalue weighted by Gasteiger charge is 2.42. The van der Waals surface area contributed by atoms with E-state index in [4.69, 9.17) is 0 Å². The Balaban J connectivity index is 1.21. The fourth-order valence-electron chi connectivity index (χ4n) is 9.07. The first-order valence-corrected chi connectivity index (χ1v) is 20.4. The van der Waals surface area contributed by atoms with E-state index in [0.717, 1.165) is 29.3 Å². The second kappa shape index (κ2) is 15.0. The van der Waals surface area contributed by atoms with Gasteiger partial charge in [-0.2, -0.15) is 26.3 Å². The van der Waals surface area contributed by atoms with E-state index in [1.165, 1.54) is 17.0 Å². The lowest BCUT2D eigenvalue weighted by molar-refractivity contribution is -0.138. The summed E-state index contributed by atoms with van der Waals surface area (Å²) in [6.07, 6.45) is -9.19. The zero-order chi connectivity index (χ0) is 44.7. The van der Waals surface area contributed by atoms with Crippen LogP contribution in [-0.2, 0) is 12.4 Å². The third-order valence-corrected chi connectivity index (χ3v) is 12.0. The first-order valence-electron chi connectivity index (χ1n) is 20.4. The molecular formula is C54H34F6N2O2. The molecule has 4 nitrogen and oxygen atoms in total. The number of hydrogen-bond donors (Lipinski definition) is 0. The number of anilines is 1. The van der Waals surface area contributed by atoms with Gasteiger partial charge < -0.3 is 4.57 Å². The number of imide groups is 1. The van der Waals surface area contributed by atoms with E-state index in [9.17, 15) is 31.1 Å². The van der Waals surface area contributed by atoms with E-state index in [0.29, 0.717) is 66.6 Å². The molecule has 8 aromatic carbocycles. The van der Waals surface area contributed by atoms with E-state index in [1.807, 2.05) is 83.4 Å². The third kappa shape index (κ3) is 6.64. The fraction of sp³-hybridized carbons (Fsp3) is 0.0741. The van der Waals surface area contributed by atoms with Crippen molar-refractivity contribution in [3.63, 3.8) is 0 Å². The van der Waals surface area contributed by atoms with Crippen LogP contribution in [0.3, 0.4) is 0 Å². The highest BCUT2D eigenvalue weighted by Crippen LogP contribution is 2.46. The van der Waals surface area contributed by atoms with Crippen molar-refractivity contribution in [3.8, 4) is 50.2 Å². The standard InChI is InChI=1S/C54H34F6N2O2/c1-31-19-23-39(45(27-31)54(58,59)60)36-21-26-47-44(30-36)43-29-35(38-24-22-37(28-32(38)2)53(55,56)57)20-25-46(43)61(47)48-18-10-17-42-49(48)52(64)62(51(42)63)50-40(33-11-5-3-6-12-33)15-9-16-41(50)34-13-7-4-8-14-34/h3-30H,1-2H3. The molecule has 0 unspecified atom stereocenters. The van der Waals surface area contributed by atoms with Gasteiger partial charge >= 0.3 is 12.4 Å². The molecule has 0 saturated carbocycles. The number of benzene rings is 8. The Morgan fingerprint density at radius 1 is 0.438 bits per heavy atom. The Hall–Kier alpha value is -7.72. The smallest absolute Gasteiger partial charge is 0.308 e. The van der Waals surface area contributed by atoms with Gasteiger partial charge in [-0.25, -0.2) is 4.90 Å². The predicted octanol–water partition coefficient (Wildman–Crippen LogP) is 14.9. The van der Waals surface area contributed by atoms with Gasteiger partial charge in [0.1, 0.15) is 0 Å². The maximum absolute atomic E-state index is 15.2. The van der Waals surface area contributed by atoms with Crippen molar-refractivity contribution in [1.29, 1.82) is 0 Å². The molecule has 9 aromatic rings. The number of alkyl halides is 6. The molecule has 1 aliphatic heterocycles. The molecule has 0 bridgehead atoms. The van der Waals surface area contributed by atoms with Gasteiger partial charge in [-0.15, -0.1) is 0 Å². The lowest BCUT2D eigenvalue weighted by Crippen LogP contribution is -2.30. The highest BCUT2D eigenvalue weighted by atomic mass is 19.4. The summed E-state index contributed by atoms with van der Waals surface area (Å²) in [6.45, 7) is 3.18. The lowest BCUT2D eigenvalue weighted by atomic mass is 9.95. The molecule has 314 valence electrons. The second-order valence-electron chi connectivity index (χ2n) is 16.0. The normalized spacial score (nSPS) is 13.0. The van der Waals surface area contributed by atoms with Crippen molar-refractivity contribution in [1.82, 2.24) is 4.57 Å². The average molecular weight is 857 g/mol. The van der Waals surface area contributed by atoms with Crippen LogP contribution in [-0.4, -0.2) is 16.4 Å². The van der Waals surface area contributed by atoms with Gasteiger partial charge in [0.2, 0.25) is 0 Å². The van der Waals surface area contributed by atoms with Crippen molar-refractivity contribution in [2.45, 2.75) is 26.2 Å². The highest BCUT2D eigenvalue weighted by molar-refractivity contribution is 6.37. The van der Waals surface area contributed by atoms with Crippen LogP contribution in [0, 0.1) is 13.8 Å². The Kier molecular flexibility index (Phi) is 9.44. The Bertz CT molecular complexity index is 3310. The summed E-state index contributed by atoms with van der Waals surface area (Å²) in [5.74, 6) is -1.08. The zero-order valence-electron chi connectivity index (χ0n) is 34.1. The van der Waals surface area contributed by atoms with Gasteiger partial charge in [-0.05, 0) is 107 Å². The number of aryl methyl sites for hydroxylation is 2. The molecule has 2 heterocycles. The Morgan fingerprint density at radius 2 is 0.984 bits per heavy atom. The monoisotopic (exact) mass is 856 g/mol. The zero-order valence-corrected chi connectivity index (χ0v) is 34.1. The Labute approximate surface area is 363 Å². The summed E-state index contributed by atoms with van der Waals surface area (Å²) < 4.78 is 86.5. The summed E-state index contributed by atoms with van der Waals surface area (Å²) in [4.78, 5) is 31.3. The average Bonchev–Trinajstić information content (AvgIpc) is 3.75. The molecule has 1 aromatic heterocycles. The topological polar surface area (TPSA) is 42.3 Å². The quantitative estimate of drug-likeness (QED) is 0.123. The van der Waals surface area contributed by atoms with E-state index < -0.39 is 35.3 Å². The number of carbonyl (C=O) groups is 2. The molecule has 0 radical (unpaired) electrons. The number of rotatable bonds is 6. The van der Waals surface area contributed by atoms with Crippen molar-refractivity contribution in [2.75, 3.05) is 4.90 Å². The minimum absolute atomic E-state index is 0.0287. The lowest BCUT2D eigenvalue weighted by Gasteiger charge is -2.23. The SMILES string of the molecule is Cc1ccc(-c2ccc3c(c2)c2cc(-c4ccc(C(F)(F)F)cc4C)ccc2n3-c2cccc3c2C(=O)N(c2c(-c4ccccc4)cccc2-c2ccccc2)C3=O)c(C(F)(F)F)c1. The molecular weight excluding hydrogens is 823 g/mol. The van der Waals surface area contributed by atoms with E-state index in [2.05, 4.69) is 0 Å². The number of halogens is 6. The fourth-order valence-corrected chi connectivity index (χ4v) is 9.07. The van der Waals surface area contributed by atoms with Crippen LogP contribution in [0.4, 0.5) is 32.0 Å². The van der Waals surface area contributed by atoms with Crippen molar-refractivity contribution >= 4 is 39.3 Å². The molecule has 10 rings (SSSR count). The molecule has 0 N–H and O–H groups in total. The van der Waals surface area contributed by atoms with E-state index in [-0.39, 0.29) is 22.3 Å². The first kappa shape index (κ1) is 40.4. The number of para-hydroxylation sites is 1. The molecule has 64 heavy (non-hydrogen) atoms. The second-order valence-corrected chi connectivity index (χ2v) is 16.0. The van der Waals surface area contributed by atoms with Crippen LogP contribution in [0.15, 0.2) is 170 Å². The van der Waals surface area contributed by atoms with Crippen LogP contribution in [0.5, 0.6) is 0 Å². The summed E-state index contributed by atoms with van der Waals surface area (Å²) in [5.41, 5.74) is 5.72. The van der Waals surface area contributed by atoms with Gasteiger partial charge in [-0.3, -0.25) is 9.59 Å². The van der Waals surface area contributed by atoms with Crippen molar-refractivity contribution in [3.05, 3.63) is 203 Å². The van der Waals surface area contributed by atoms with Crippen molar-refractivity contribution < 1.29 is 35.9 Å². The number of amides is 2. The molecule has 0 fully saturated rings. The van der Waals surface area contributed by atoms with E-state index in [1.54, 1.807) is 74.5 Å². The molecule has 1 aliphatic rings. The largest absolute Gasteiger partial charge is 0.417 e. The minimum Gasteiger partial charge on any atom is -0.308 e. The van der Waals surface area contributed by atoms with Crippen LogP contribution in [0.25, 0.3) is 72.0 Å².